The molecule has 0 saturated carbocycles. The molecule has 0 aliphatic carbocycles. The maximum atomic E-state index is 12.5. The lowest BCUT2D eigenvalue weighted by Gasteiger charge is -2.08. The third kappa shape index (κ3) is 4.91. The van der Waals surface area contributed by atoms with Gasteiger partial charge in [0, 0.05) is 11.8 Å². The van der Waals surface area contributed by atoms with Gasteiger partial charge in [0.2, 0.25) is 0 Å². The van der Waals surface area contributed by atoms with Gasteiger partial charge in [-0.25, -0.2) is 0 Å². The van der Waals surface area contributed by atoms with E-state index in [0.29, 0.717) is 17.9 Å². The van der Waals surface area contributed by atoms with Crippen LogP contribution in [0.25, 0.3) is 11.3 Å². The predicted octanol–water partition coefficient (Wildman–Crippen LogP) is 3.90. The van der Waals surface area contributed by atoms with Crippen molar-refractivity contribution in [2.45, 2.75) is 12.7 Å². The third-order valence-corrected chi connectivity index (χ3v) is 3.99. The zero-order chi connectivity index (χ0) is 20.1. The summed E-state index contributed by atoms with van der Waals surface area (Å²) in [6.07, 6.45) is -3.04. The predicted molar refractivity (Wildman–Crippen MR) is 98.1 cm³/mol. The minimum Gasteiger partial charge on any atom is -0.497 e. The number of aromatic nitrogens is 2. The van der Waals surface area contributed by atoms with Gasteiger partial charge >= 0.3 is 6.18 Å². The van der Waals surface area contributed by atoms with Crippen molar-refractivity contribution in [2.24, 2.45) is 0 Å². The summed E-state index contributed by atoms with van der Waals surface area (Å²) in [4.78, 5) is 12.4. The average molecular weight is 389 g/mol. The smallest absolute Gasteiger partial charge is 0.405 e. The number of halogens is 3. The molecule has 3 aromatic rings. The normalized spacial score (nSPS) is 11.3. The number of carbonyl (C=O) groups excluding carboxylic acids is 1. The molecule has 0 aliphatic heterocycles. The molecule has 2 aromatic carbocycles. The van der Waals surface area contributed by atoms with Crippen LogP contribution in [-0.2, 0) is 6.54 Å². The Bertz CT molecular complexity index is 953. The summed E-state index contributed by atoms with van der Waals surface area (Å²) >= 11 is 0. The van der Waals surface area contributed by atoms with Gasteiger partial charge in [0.05, 0.1) is 19.2 Å². The number of nitrogens with zero attached hydrogens (tertiary/aromatic N) is 2. The van der Waals surface area contributed by atoms with Crippen molar-refractivity contribution < 1.29 is 22.7 Å². The molecule has 1 N–H and O–H groups in total. The van der Waals surface area contributed by atoms with Crippen molar-refractivity contribution in [2.75, 3.05) is 13.7 Å². The van der Waals surface area contributed by atoms with Crippen LogP contribution in [-0.4, -0.2) is 35.5 Å². The first-order valence-electron chi connectivity index (χ1n) is 8.46. The van der Waals surface area contributed by atoms with Crippen LogP contribution in [0.1, 0.15) is 15.9 Å². The standard InChI is InChI=1S/C20H18F3N3O2/c1-28-16-9-5-8-15(10-16)18-17(19(27)24-13-20(21,22)23)12-26(25-18)11-14-6-3-2-4-7-14/h2-10,12H,11,13H2,1H3,(H,24,27). The number of nitrogens with one attached hydrogen (secondary N) is 1. The molecule has 8 heteroatoms. The molecular weight excluding hydrogens is 371 g/mol. The summed E-state index contributed by atoms with van der Waals surface area (Å²) in [6.45, 7) is -1.03. The van der Waals surface area contributed by atoms with Gasteiger partial charge in [-0.1, -0.05) is 42.5 Å². The number of alkyl halides is 3. The number of amides is 1. The second-order valence-electron chi connectivity index (χ2n) is 6.10. The van der Waals surface area contributed by atoms with Crippen molar-refractivity contribution in [3.8, 4) is 17.0 Å². The molecule has 3 rings (SSSR count). The van der Waals surface area contributed by atoms with Gasteiger partial charge in [-0.05, 0) is 17.7 Å². The molecule has 1 heterocycles. The molecule has 1 aromatic heterocycles. The van der Waals surface area contributed by atoms with Gasteiger partial charge in [0.25, 0.3) is 5.91 Å². The molecule has 5 nitrogen and oxygen atoms in total. The lowest BCUT2D eigenvalue weighted by atomic mass is 10.1. The molecule has 0 radical (unpaired) electrons. The zero-order valence-electron chi connectivity index (χ0n) is 15.0. The maximum Gasteiger partial charge on any atom is 0.405 e. The summed E-state index contributed by atoms with van der Waals surface area (Å²) in [5.74, 6) is -0.286. The molecule has 28 heavy (non-hydrogen) atoms. The fourth-order valence-corrected chi connectivity index (χ4v) is 2.70. The Morgan fingerprint density at radius 2 is 1.89 bits per heavy atom. The molecule has 146 valence electrons. The Hall–Kier alpha value is -3.29. The fourth-order valence-electron chi connectivity index (χ4n) is 2.70. The maximum absolute atomic E-state index is 12.5. The number of benzene rings is 2. The van der Waals surface area contributed by atoms with Crippen LogP contribution in [0.5, 0.6) is 5.75 Å². The van der Waals surface area contributed by atoms with Crippen molar-refractivity contribution in [1.29, 1.82) is 0 Å². The quantitative estimate of drug-likeness (QED) is 0.696. The van der Waals surface area contributed by atoms with E-state index in [1.807, 2.05) is 35.6 Å². The molecule has 1 amide bonds. The van der Waals surface area contributed by atoms with E-state index in [-0.39, 0.29) is 11.3 Å². The summed E-state index contributed by atoms with van der Waals surface area (Å²) in [5, 5.41) is 6.34. The Balaban J connectivity index is 1.96. The first-order valence-corrected chi connectivity index (χ1v) is 8.46. The number of hydrogen-bond acceptors (Lipinski definition) is 3. The van der Waals surface area contributed by atoms with Crippen LogP contribution in [0, 0.1) is 0 Å². The van der Waals surface area contributed by atoms with E-state index < -0.39 is 18.6 Å². The second-order valence-corrected chi connectivity index (χ2v) is 6.10. The highest BCUT2D eigenvalue weighted by Crippen LogP contribution is 2.26. The first-order chi connectivity index (χ1) is 13.4. The first kappa shape index (κ1) is 19.5. The van der Waals surface area contributed by atoms with Crippen molar-refractivity contribution in [3.05, 3.63) is 71.9 Å². The highest BCUT2D eigenvalue weighted by atomic mass is 19.4. The van der Waals surface area contributed by atoms with Gasteiger partial charge in [-0.3, -0.25) is 9.48 Å². The van der Waals surface area contributed by atoms with E-state index in [2.05, 4.69) is 5.10 Å². The van der Waals surface area contributed by atoms with E-state index >= 15 is 0 Å². The SMILES string of the molecule is COc1cccc(-c2nn(Cc3ccccc3)cc2C(=O)NCC(F)(F)F)c1. The Labute approximate surface area is 159 Å². The van der Waals surface area contributed by atoms with E-state index in [4.69, 9.17) is 4.74 Å². The Kier molecular flexibility index (Phi) is 5.67. The Morgan fingerprint density at radius 1 is 1.14 bits per heavy atom. The van der Waals surface area contributed by atoms with Crippen molar-refractivity contribution in [3.63, 3.8) is 0 Å². The van der Waals surface area contributed by atoms with Crippen LogP contribution in [0.15, 0.2) is 60.8 Å². The van der Waals surface area contributed by atoms with Gasteiger partial charge in [-0.15, -0.1) is 0 Å². The lowest BCUT2D eigenvalue weighted by Crippen LogP contribution is -2.33. The highest BCUT2D eigenvalue weighted by Gasteiger charge is 2.29. The fraction of sp³-hybridized carbons (Fsp3) is 0.200. The zero-order valence-corrected chi connectivity index (χ0v) is 15.0. The molecular formula is C20H18F3N3O2. The summed E-state index contributed by atoms with van der Waals surface area (Å²) in [6, 6.07) is 16.3. The number of ether oxygens (including phenoxy) is 1. The minimum absolute atomic E-state index is 0.0634. The monoisotopic (exact) mass is 389 g/mol. The van der Waals surface area contributed by atoms with Gasteiger partial charge in [0.15, 0.2) is 0 Å². The third-order valence-electron chi connectivity index (χ3n) is 3.99. The van der Waals surface area contributed by atoms with Crippen molar-refractivity contribution in [1.82, 2.24) is 15.1 Å². The van der Waals surface area contributed by atoms with Crippen LogP contribution in [0.2, 0.25) is 0 Å². The molecule has 0 atom stereocenters. The number of methoxy groups -OCH3 is 1. The number of carbonyl (C=O) groups is 1. The molecule has 0 spiro atoms. The molecule has 0 bridgehead atoms. The van der Waals surface area contributed by atoms with Gasteiger partial charge in [0.1, 0.15) is 18.0 Å². The van der Waals surface area contributed by atoms with Crippen molar-refractivity contribution >= 4 is 5.91 Å². The minimum atomic E-state index is -4.49. The van der Waals surface area contributed by atoms with Crippen LogP contribution in [0.4, 0.5) is 13.2 Å². The number of rotatable bonds is 6. The van der Waals surface area contributed by atoms with Crippen LogP contribution < -0.4 is 10.1 Å². The lowest BCUT2D eigenvalue weighted by molar-refractivity contribution is -0.123. The van der Waals surface area contributed by atoms with E-state index in [9.17, 15) is 18.0 Å². The summed E-state index contributed by atoms with van der Waals surface area (Å²) < 4.78 is 44.2. The average Bonchev–Trinajstić information content (AvgIpc) is 3.10. The van der Waals surface area contributed by atoms with E-state index in [1.54, 1.807) is 24.3 Å². The molecule has 0 fully saturated rings. The molecule has 0 aliphatic rings. The molecule has 0 unspecified atom stereocenters. The topological polar surface area (TPSA) is 56.2 Å². The Morgan fingerprint density at radius 3 is 2.57 bits per heavy atom. The summed E-state index contributed by atoms with van der Waals surface area (Å²) in [7, 11) is 1.50. The number of hydrogen-bond donors (Lipinski definition) is 1. The van der Waals surface area contributed by atoms with Crippen LogP contribution in [0.3, 0.4) is 0 Å². The largest absolute Gasteiger partial charge is 0.497 e. The summed E-state index contributed by atoms with van der Waals surface area (Å²) in [5.41, 5.74) is 1.87. The van der Waals surface area contributed by atoms with E-state index in [0.717, 1.165) is 5.56 Å². The van der Waals surface area contributed by atoms with E-state index in [1.165, 1.54) is 18.0 Å². The van der Waals surface area contributed by atoms with Gasteiger partial charge in [-0.2, -0.15) is 18.3 Å². The van der Waals surface area contributed by atoms with Gasteiger partial charge < -0.3 is 10.1 Å². The highest BCUT2D eigenvalue weighted by molar-refractivity contribution is 5.99. The second kappa shape index (κ2) is 8.16. The molecule has 0 saturated heterocycles. The van der Waals surface area contributed by atoms with Crippen LogP contribution >= 0.6 is 0 Å².